The lowest BCUT2D eigenvalue weighted by Crippen LogP contribution is -2.10. The van der Waals surface area contributed by atoms with Crippen LogP contribution in [0.1, 0.15) is 11.3 Å². The molecule has 0 aliphatic heterocycles. The van der Waals surface area contributed by atoms with Gasteiger partial charge in [0, 0.05) is 5.69 Å². The molecule has 112 valence electrons. The second-order valence-corrected chi connectivity index (χ2v) is 5.22. The summed E-state index contributed by atoms with van der Waals surface area (Å²) in [6.07, 6.45) is -3.67. The Morgan fingerprint density at radius 1 is 1.19 bits per heavy atom. The van der Waals surface area contributed by atoms with E-state index in [1.54, 1.807) is 6.92 Å². The molecule has 8 heteroatoms. The second kappa shape index (κ2) is 5.51. The number of nitrogens with zero attached hydrogens (tertiary/aromatic N) is 1. The average molecular weight is 364 g/mol. The largest absolute Gasteiger partial charge is 0.433 e. The first-order chi connectivity index (χ1) is 9.68. The van der Waals surface area contributed by atoms with Crippen molar-refractivity contribution < 1.29 is 17.6 Å². The fraction of sp³-hybridized carbons (Fsp3) is 0.154. The van der Waals surface area contributed by atoms with Crippen molar-refractivity contribution in [1.82, 2.24) is 4.98 Å². The highest BCUT2D eigenvalue weighted by molar-refractivity contribution is 9.10. The minimum absolute atomic E-state index is 0.0159. The molecular formula is C13H10BrF4N3. The molecular weight excluding hydrogens is 354 g/mol. The second-order valence-electron chi connectivity index (χ2n) is 4.36. The van der Waals surface area contributed by atoms with E-state index < -0.39 is 17.7 Å². The van der Waals surface area contributed by atoms with Gasteiger partial charge in [-0.05, 0) is 46.6 Å². The van der Waals surface area contributed by atoms with Crippen LogP contribution in [-0.2, 0) is 6.18 Å². The summed E-state index contributed by atoms with van der Waals surface area (Å²) in [5.41, 5.74) is 5.54. The number of benzene rings is 1. The molecule has 1 aromatic heterocycles. The predicted molar refractivity (Wildman–Crippen MR) is 75.8 cm³/mol. The Kier molecular flexibility index (Phi) is 4.08. The first-order valence-electron chi connectivity index (χ1n) is 5.74. The zero-order chi connectivity index (χ0) is 15.8. The van der Waals surface area contributed by atoms with Gasteiger partial charge in [0.15, 0.2) is 0 Å². The quantitative estimate of drug-likeness (QED) is 0.764. The highest BCUT2D eigenvalue weighted by Gasteiger charge is 2.33. The van der Waals surface area contributed by atoms with Crippen LogP contribution < -0.4 is 11.1 Å². The van der Waals surface area contributed by atoms with Crippen LogP contribution in [0.3, 0.4) is 0 Å². The van der Waals surface area contributed by atoms with E-state index in [0.717, 1.165) is 12.3 Å². The molecule has 0 saturated heterocycles. The van der Waals surface area contributed by atoms with Crippen LogP contribution >= 0.6 is 15.9 Å². The van der Waals surface area contributed by atoms with Crippen molar-refractivity contribution in [2.24, 2.45) is 0 Å². The molecule has 2 aromatic rings. The van der Waals surface area contributed by atoms with Gasteiger partial charge in [0.1, 0.15) is 11.5 Å². The van der Waals surface area contributed by atoms with Crippen LogP contribution in [0.25, 0.3) is 0 Å². The van der Waals surface area contributed by atoms with E-state index in [1.807, 2.05) is 0 Å². The van der Waals surface area contributed by atoms with E-state index in [0.29, 0.717) is 11.3 Å². The summed E-state index contributed by atoms with van der Waals surface area (Å²) >= 11 is 3.03. The van der Waals surface area contributed by atoms with Gasteiger partial charge in [-0.1, -0.05) is 0 Å². The number of aryl methyl sites for hydroxylation is 1. The van der Waals surface area contributed by atoms with Crippen LogP contribution in [0.4, 0.5) is 34.6 Å². The average Bonchev–Trinajstić information content (AvgIpc) is 2.37. The SMILES string of the molecule is Cc1cc(Br)c(F)cc1Nc1cc(C(F)(F)F)ncc1N. The Morgan fingerprint density at radius 2 is 1.86 bits per heavy atom. The summed E-state index contributed by atoms with van der Waals surface area (Å²) in [6.45, 7) is 1.69. The van der Waals surface area contributed by atoms with Gasteiger partial charge < -0.3 is 11.1 Å². The first kappa shape index (κ1) is 15.6. The van der Waals surface area contributed by atoms with Gasteiger partial charge in [-0.2, -0.15) is 13.2 Å². The summed E-state index contributed by atoms with van der Waals surface area (Å²) in [4.78, 5) is 3.23. The molecule has 0 aliphatic carbocycles. The van der Waals surface area contributed by atoms with Crippen molar-refractivity contribution >= 4 is 33.0 Å². The van der Waals surface area contributed by atoms with Crippen LogP contribution in [0.2, 0.25) is 0 Å². The zero-order valence-corrected chi connectivity index (χ0v) is 12.3. The topological polar surface area (TPSA) is 50.9 Å². The smallest absolute Gasteiger partial charge is 0.396 e. The Hall–Kier alpha value is -1.83. The summed E-state index contributed by atoms with van der Waals surface area (Å²) < 4.78 is 51.7. The highest BCUT2D eigenvalue weighted by atomic mass is 79.9. The highest BCUT2D eigenvalue weighted by Crippen LogP contribution is 2.33. The van der Waals surface area contributed by atoms with Gasteiger partial charge in [-0.15, -0.1) is 0 Å². The fourth-order valence-corrected chi connectivity index (χ4v) is 2.11. The number of anilines is 3. The van der Waals surface area contributed by atoms with Gasteiger partial charge >= 0.3 is 6.18 Å². The normalized spacial score (nSPS) is 11.5. The van der Waals surface area contributed by atoms with Gasteiger partial charge in [0.05, 0.1) is 22.0 Å². The van der Waals surface area contributed by atoms with E-state index in [-0.39, 0.29) is 15.8 Å². The van der Waals surface area contributed by atoms with E-state index in [2.05, 4.69) is 26.2 Å². The molecule has 0 spiro atoms. The number of nitrogen functional groups attached to an aromatic ring is 1. The molecule has 21 heavy (non-hydrogen) atoms. The maximum atomic E-state index is 13.5. The number of hydrogen-bond donors (Lipinski definition) is 2. The van der Waals surface area contributed by atoms with Gasteiger partial charge in [0.25, 0.3) is 0 Å². The lowest BCUT2D eigenvalue weighted by atomic mass is 10.2. The number of rotatable bonds is 2. The third-order valence-electron chi connectivity index (χ3n) is 2.76. The van der Waals surface area contributed by atoms with Crippen molar-refractivity contribution in [2.45, 2.75) is 13.1 Å². The number of hydrogen-bond acceptors (Lipinski definition) is 3. The Balaban J connectivity index is 2.42. The predicted octanol–water partition coefficient (Wildman–Crippen LogP) is 4.64. The van der Waals surface area contributed by atoms with Crippen molar-refractivity contribution in [3.63, 3.8) is 0 Å². The minimum atomic E-state index is -4.58. The molecule has 0 aliphatic rings. The Bertz CT molecular complexity index is 686. The molecule has 0 radical (unpaired) electrons. The van der Waals surface area contributed by atoms with E-state index in [9.17, 15) is 17.6 Å². The fourth-order valence-electron chi connectivity index (χ4n) is 1.66. The van der Waals surface area contributed by atoms with Crippen molar-refractivity contribution in [3.8, 4) is 0 Å². The third-order valence-corrected chi connectivity index (χ3v) is 3.37. The molecule has 0 atom stereocenters. The molecule has 0 bridgehead atoms. The maximum Gasteiger partial charge on any atom is 0.433 e. The standard InChI is InChI=1S/C13H10BrF4N3/c1-6-2-7(14)8(15)3-10(6)21-11-4-12(13(16,17)18)20-5-9(11)19/h2-5H,19H2,1H3,(H,20,21). The first-order valence-corrected chi connectivity index (χ1v) is 6.53. The van der Waals surface area contributed by atoms with Crippen molar-refractivity contribution in [1.29, 1.82) is 0 Å². The number of nitrogens with two attached hydrogens (primary N) is 1. The van der Waals surface area contributed by atoms with E-state index in [4.69, 9.17) is 5.73 Å². The zero-order valence-electron chi connectivity index (χ0n) is 10.7. The summed E-state index contributed by atoms with van der Waals surface area (Å²) in [5, 5.41) is 2.70. The monoisotopic (exact) mass is 363 g/mol. The number of pyridine rings is 1. The van der Waals surface area contributed by atoms with Crippen molar-refractivity contribution in [2.75, 3.05) is 11.1 Å². The van der Waals surface area contributed by atoms with E-state index >= 15 is 0 Å². The van der Waals surface area contributed by atoms with Crippen LogP contribution in [0.15, 0.2) is 28.9 Å². The van der Waals surface area contributed by atoms with Crippen LogP contribution in [0.5, 0.6) is 0 Å². The summed E-state index contributed by atoms with van der Waals surface area (Å²) in [5.74, 6) is -0.535. The number of aromatic nitrogens is 1. The number of alkyl halides is 3. The van der Waals surface area contributed by atoms with E-state index in [1.165, 1.54) is 12.1 Å². The molecule has 1 aromatic carbocycles. The number of halogens is 5. The lowest BCUT2D eigenvalue weighted by Gasteiger charge is -2.14. The molecule has 0 saturated carbocycles. The summed E-state index contributed by atoms with van der Waals surface area (Å²) in [7, 11) is 0. The Morgan fingerprint density at radius 3 is 2.48 bits per heavy atom. The molecule has 0 unspecified atom stereocenters. The molecule has 1 heterocycles. The van der Waals surface area contributed by atoms with Gasteiger partial charge in [-0.25, -0.2) is 9.37 Å². The number of nitrogens with one attached hydrogen (secondary N) is 1. The summed E-state index contributed by atoms with van der Waals surface area (Å²) in [6, 6.07) is 3.47. The molecule has 0 amide bonds. The van der Waals surface area contributed by atoms with Gasteiger partial charge in [0.2, 0.25) is 0 Å². The molecule has 3 nitrogen and oxygen atoms in total. The molecule has 0 fully saturated rings. The molecule has 2 rings (SSSR count). The van der Waals surface area contributed by atoms with Crippen LogP contribution in [-0.4, -0.2) is 4.98 Å². The van der Waals surface area contributed by atoms with Gasteiger partial charge in [-0.3, -0.25) is 0 Å². The molecule has 3 N–H and O–H groups in total. The minimum Gasteiger partial charge on any atom is -0.396 e. The van der Waals surface area contributed by atoms with Crippen LogP contribution in [0, 0.1) is 12.7 Å². The maximum absolute atomic E-state index is 13.5. The third kappa shape index (κ3) is 3.44. The lowest BCUT2D eigenvalue weighted by molar-refractivity contribution is -0.141. The van der Waals surface area contributed by atoms with Crippen molar-refractivity contribution in [3.05, 3.63) is 45.9 Å². The Labute approximate surface area is 126 Å².